The molecule has 1 aliphatic heterocycles. The topological polar surface area (TPSA) is 57.6 Å². The van der Waals surface area contributed by atoms with Crippen LogP contribution < -0.4 is 10.2 Å². The van der Waals surface area contributed by atoms with Gasteiger partial charge in [-0.3, -0.25) is 0 Å². The number of aliphatic hydroxyl groups excluding tert-OH is 1. The number of hydrogen-bond acceptors (Lipinski definition) is 5. The van der Waals surface area contributed by atoms with E-state index in [4.69, 9.17) is 4.74 Å². The summed E-state index contributed by atoms with van der Waals surface area (Å²) in [6.07, 6.45) is 4.28. The summed E-state index contributed by atoms with van der Waals surface area (Å²) in [5.74, 6) is 0.981. The number of aromatic nitrogens is 1. The van der Waals surface area contributed by atoms with Gasteiger partial charge in [0, 0.05) is 32.4 Å². The Morgan fingerprint density at radius 1 is 1.50 bits per heavy atom. The maximum absolute atomic E-state index is 9.62. The molecule has 112 valence electrons. The first-order valence-electron chi connectivity index (χ1n) is 7.38. The summed E-state index contributed by atoms with van der Waals surface area (Å²) in [5.41, 5.74) is 1.05. The highest BCUT2D eigenvalue weighted by molar-refractivity contribution is 5.66. The lowest BCUT2D eigenvalue weighted by Gasteiger charge is -2.32. The van der Waals surface area contributed by atoms with Crippen molar-refractivity contribution in [3.63, 3.8) is 0 Å². The maximum Gasteiger partial charge on any atom is 0.151 e. The highest BCUT2D eigenvalue weighted by Crippen LogP contribution is 2.26. The normalized spacial score (nSPS) is 18.1. The third-order valence-corrected chi connectivity index (χ3v) is 3.77. The second-order valence-corrected chi connectivity index (χ2v) is 5.30. The SMILES string of the molecule is CCC(COC)Nc1cccnc1N1CCC(O)CC1. The van der Waals surface area contributed by atoms with Crippen LogP contribution >= 0.6 is 0 Å². The Bertz CT molecular complexity index is 406. The summed E-state index contributed by atoms with van der Waals surface area (Å²) in [5, 5.41) is 13.1. The second-order valence-electron chi connectivity index (χ2n) is 5.30. The van der Waals surface area contributed by atoms with Gasteiger partial charge >= 0.3 is 0 Å². The van der Waals surface area contributed by atoms with Crippen LogP contribution in [0.2, 0.25) is 0 Å². The number of nitrogens with zero attached hydrogens (tertiary/aromatic N) is 2. The van der Waals surface area contributed by atoms with Crippen molar-refractivity contribution in [3.8, 4) is 0 Å². The second kappa shape index (κ2) is 7.45. The average molecular weight is 279 g/mol. The number of rotatable bonds is 6. The van der Waals surface area contributed by atoms with E-state index in [1.165, 1.54) is 0 Å². The van der Waals surface area contributed by atoms with E-state index >= 15 is 0 Å². The third kappa shape index (κ3) is 3.84. The van der Waals surface area contributed by atoms with Crippen LogP contribution in [0.1, 0.15) is 26.2 Å². The summed E-state index contributed by atoms with van der Waals surface area (Å²) in [4.78, 5) is 6.76. The molecule has 0 amide bonds. The lowest BCUT2D eigenvalue weighted by molar-refractivity contribution is 0.145. The molecule has 2 N–H and O–H groups in total. The molecule has 0 aromatic carbocycles. The zero-order valence-corrected chi connectivity index (χ0v) is 12.4. The predicted molar refractivity (Wildman–Crippen MR) is 81.3 cm³/mol. The lowest BCUT2D eigenvalue weighted by Crippen LogP contribution is -2.37. The molecule has 5 nitrogen and oxygen atoms in total. The molecule has 5 heteroatoms. The molecule has 0 saturated carbocycles. The number of nitrogens with one attached hydrogen (secondary N) is 1. The molecule has 0 spiro atoms. The van der Waals surface area contributed by atoms with Crippen LogP contribution in [0.4, 0.5) is 11.5 Å². The van der Waals surface area contributed by atoms with Crippen LogP contribution in [0, 0.1) is 0 Å². The molecule has 1 unspecified atom stereocenters. The first-order chi connectivity index (χ1) is 9.74. The molecule has 0 bridgehead atoms. The molecule has 2 heterocycles. The molecule has 2 rings (SSSR count). The molecule has 1 aliphatic rings. The highest BCUT2D eigenvalue weighted by Gasteiger charge is 2.21. The van der Waals surface area contributed by atoms with E-state index in [-0.39, 0.29) is 6.10 Å². The largest absolute Gasteiger partial charge is 0.393 e. The Morgan fingerprint density at radius 3 is 2.90 bits per heavy atom. The van der Waals surface area contributed by atoms with Gasteiger partial charge in [0.15, 0.2) is 5.82 Å². The fraction of sp³-hybridized carbons (Fsp3) is 0.667. The molecule has 1 aromatic heterocycles. The van der Waals surface area contributed by atoms with Gasteiger partial charge in [-0.1, -0.05) is 6.92 Å². The first-order valence-corrected chi connectivity index (χ1v) is 7.38. The van der Waals surface area contributed by atoms with Gasteiger partial charge in [-0.05, 0) is 31.4 Å². The summed E-state index contributed by atoms with van der Waals surface area (Å²) in [6.45, 7) is 4.54. The number of pyridine rings is 1. The fourth-order valence-electron chi connectivity index (χ4n) is 2.52. The summed E-state index contributed by atoms with van der Waals surface area (Å²) < 4.78 is 5.24. The first kappa shape index (κ1) is 15.1. The maximum atomic E-state index is 9.62. The molecular formula is C15H25N3O2. The van der Waals surface area contributed by atoms with Gasteiger partial charge in [-0.25, -0.2) is 4.98 Å². The smallest absolute Gasteiger partial charge is 0.151 e. The van der Waals surface area contributed by atoms with E-state index in [2.05, 4.69) is 28.2 Å². The predicted octanol–water partition coefficient (Wildman–Crippen LogP) is 1.88. The number of piperidine rings is 1. The number of hydrogen-bond donors (Lipinski definition) is 2. The van der Waals surface area contributed by atoms with E-state index in [9.17, 15) is 5.11 Å². The average Bonchev–Trinajstić information content (AvgIpc) is 2.48. The minimum absolute atomic E-state index is 0.164. The fourth-order valence-corrected chi connectivity index (χ4v) is 2.52. The summed E-state index contributed by atoms with van der Waals surface area (Å²) in [7, 11) is 1.72. The van der Waals surface area contributed by atoms with Gasteiger partial charge < -0.3 is 20.1 Å². The van der Waals surface area contributed by atoms with E-state index in [0.29, 0.717) is 12.6 Å². The van der Waals surface area contributed by atoms with Crippen LogP contribution in [0.25, 0.3) is 0 Å². The standard InChI is InChI=1S/C15H25N3O2/c1-3-12(11-20-2)17-14-5-4-8-16-15(14)18-9-6-13(19)7-10-18/h4-5,8,12-13,17,19H,3,6-7,9-11H2,1-2H3. The van der Waals surface area contributed by atoms with Crippen molar-refractivity contribution in [1.29, 1.82) is 0 Å². The van der Waals surface area contributed by atoms with E-state index in [0.717, 1.165) is 43.9 Å². The number of aliphatic hydroxyl groups is 1. The lowest BCUT2D eigenvalue weighted by atomic mass is 10.1. The molecular weight excluding hydrogens is 254 g/mol. The quantitative estimate of drug-likeness (QED) is 0.832. The Kier molecular flexibility index (Phi) is 5.61. The van der Waals surface area contributed by atoms with Gasteiger partial charge in [0.1, 0.15) is 0 Å². The molecule has 1 aromatic rings. The van der Waals surface area contributed by atoms with Crippen molar-refractivity contribution in [1.82, 2.24) is 4.98 Å². The van der Waals surface area contributed by atoms with E-state index in [1.54, 1.807) is 7.11 Å². The van der Waals surface area contributed by atoms with Crippen LogP contribution in [0.5, 0.6) is 0 Å². The Hall–Kier alpha value is -1.33. The third-order valence-electron chi connectivity index (χ3n) is 3.77. The van der Waals surface area contributed by atoms with E-state index in [1.807, 2.05) is 12.3 Å². The van der Waals surface area contributed by atoms with Gasteiger partial charge in [-0.15, -0.1) is 0 Å². The van der Waals surface area contributed by atoms with Crippen LogP contribution in [-0.4, -0.2) is 49.0 Å². The van der Waals surface area contributed by atoms with Crippen molar-refractivity contribution < 1.29 is 9.84 Å². The number of methoxy groups -OCH3 is 1. The summed E-state index contributed by atoms with van der Waals surface area (Å²) >= 11 is 0. The van der Waals surface area contributed by atoms with Crippen molar-refractivity contribution >= 4 is 11.5 Å². The van der Waals surface area contributed by atoms with Crippen molar-refractivity contribution in [2.45, 2.75) is 38.3 Å². The van der Waals surface area contributed by atoms with Crippen molar-refractivity contribution in [2.24, 2.45) is 0 Å². The Balaban J connectivity index is 2.09. The van der Waals surface area contributed by atoms with Gasteiger partial charge in [0.05, 0.1) is 18.4 Å². The monoisotopic (exact) mass is 279 g/mol. The minimum Gasteiger partial charge on any atom is -0.393 e. The zero-order chi connectivity index (χ0) is 14.4. The zero-order valence-electron chi connectivity index (χ0n) is 12.4. The Labute approximate surface area is 121 Å². The Morgan fingerprint density at radius 2 is 2.25 bits per heavy atom. The molecule has 1 fully saturated rings. The van der Waals surface area contributed by atoms with Gasteiger partial charge in [0.25, 0.3) is 0 Å². The van der Waals surface area contributed by atoms with Gasteiger partial charge in [-0.2, -0.15) is 0 Å². The molecule has 1 atom stereocenters. The van der Waals surface area contributed by atoms with Crippen LogP contribution in [-0.2, 0) is 4.74 Å². The molecule has 1 saturated heterocycles. The number of anilines is 2. The molecule has 0 aliphatic carbocycles. The van der Waals surface area contributed by atoms with Crippen LogP contribution in [0.3, 0.4) is 0 Å². The molecule has 0 radical (unpaired) electrons. The number of ether oxygens (including phenoxy) is 1. The molecule has 20 heavy (non-hydrogen) atoms. The van der Waals surface area contributed by atoms with Crippen LogP contribution in [0.15, 0.2) is 18.3 Å². The van der Waals surface area contributed by atoms with Gasteiger partial charge in [0.2, 0.25) is 0 Å². The van der Waals surface area contributed by atoms with Crippen molar-refractivity contribution in [2.75, 3.05) is 37.0 Å². The van der Waals surface area contributed by atoms with Crippen molar-refractivity contribution in [3.05, 3.63) is 18.3 Å². The minimum atomic E-state index is -0.164. The highest BCUT2D eigenvalue weighted by atomic mass is 16.5. The summed E-state index contributed by atoms with van der Waals surface area (Å²) in [6, 6.07) is 4.30. The van der Waals surface area contributed by atoms with E-state index < -0.39 is 0 Å².